The van der Waals surface area contributed by atoms with Crippen LogP contribution in [0.1, 0.15) is 10.4 Å². The van der Waals surface area contributed by atoms with Gasteiger partial charge in [0.05, 0.1) is 25.8 Å². The van der Waals surface area contributed by atoms with Crippen molar-refractivity contribution in [3.63, 3.8) is 0 Å². The zero-order valence-corrected chi connectivity index (χ0v) is 11.6. The summed E-state index contributed by atoms with van der Waals surface area (Å²) in [4.78, 5) is 25.2. The Labute approximate surface area is 120 Å². The first-order valence-corrected chi connectivity index (χ1v) is 6.38. The molecule has 0 aliphatic carbocycles. The van der Waals surface area contributed by atoms with Gasteiger partial charge in [-0.3, -0.25) is 4.79 Å². The highest BCUT2D eigenvalue weighted by molar-refractivity contribution is 6.31. The van der Waals surface area contributed by atoms with Crippen LogP contribution < -0.4 is 0 Å². The lowest BCUT2D eigenvalue weighted by Gasteiger charge is -2.31. The van der Waals surface area contributed by atoms with Crippen molar-refractivity contribution in [1.82, 2.24) is 4.90 Å². The fraction of sp³-hybridized carbons (Fsp3) is 0.385. The fourth-order valence-electron chi connectivity index (χ4n) is 1.96. The topological polar surface area (TPSA) is 76.1 Å². The highest BCUT2D eigenvalue weighted by atomic mass is 35.5. The van der Waals surface area contributed by atoms with Crippen molar-refractivity contribution < 1.29 is 24.2 Å². The Kier molecular flexibility index (Phi) is 4.46. The molecule has 1 amide bonds. The average molecular weight is 300 g/mol. The third-order valence-electron chi connectivity index (χ3n) is 3.01. The minimum absolute atomic E-state index is 0.0808. The smallest absolute Gasteiger partial charge is 0.336 e. The lowest BCUT2D eigenvalue weighted by Crippen LogP contribution is -2.48. The van der Waals surface area contributed by atoms with E-state index >= 15 is 0 Å². The Balaban J connectivity index is 2.16. The first kappa shape index (κ1) is 14.6. The molecule has 1 fully saturated rings. The van der Waals surface area contributed by atoms with E-state index in [-0.39, 0.29) is 24.5 Å². The molecular weight excluding hydrogens is 286 g/mol. The third-order valence-corrected chi connectivity index (χ3v) is 3.24. The number of carbonyl (C=O) groups excluding carboxylic acids is 2. The van der Waals surface area contributed by atoms with E-state index in [0.29, 0.717) is 11.6 Å². The lowest BCUT2D eigenvalue weighted by molar-refractivity contribution is -0.158. The van der Waals surface area contributed by atoms with Crippen LogP contribution >= 0.6 is 11.6 Å². The Bertz CT molecular complexity index is 533. The molecule has 0 aromatic heterocycles. The van der Waals surface area contributed by atoms with E-state index < -0.39 is 18.0 Å². The van der Waals surface area contributed by atoms with Gasteiger partial charge in [0.25, 0.3) is 5.91 Å². The van der Waals surface area contributed by atoms with Gasteiger partial charge in [-0.05, 0) is 18.2 Å². The number of methoxy groups -OCH3 is 1. The molecule has 1 N–H and O–H groups in total. The molecule has 7 heteroatoms. The number of rotatable bonds is 2. The number of benzene rings is 1. The number of nitrogens with zero attached hydrogens (tertiary/aromatic N) is 1. The van der Waals surface area contributed by atoms with Crippen LogP contribution in [-0.4, -0.2) is 54.8 Å². The van der Waals surface area contributed by atoms with Gasteiger partial charge in [0.1, 0.15) is 5.75 Å². The number of carbonyl (C=O) groups is 2. The number of hydrogen-bond acceptors (Lipinski definition) is 5. The van der Waals surface area contributed by atoms with Crippen molar-refractivity contribution in [2.24, 2.45) is 0 Å². The number of phenolic OH excluding ortho intramolecular Hbond substituents is 1. The van der Waals surface area contributed by atoms with E-state index in [1.54, 1.807) is 0 Å². The first-order valence-electron chi connectivity index (χ1n) is 6.00. The van der Waals surface area contributed by atoms with E-state index in [1.165, 1.54) is 30.2 Å². The fourth-order valence-corrected chi connectivity index (χ4v) is 2.13. The second-order valence-corrected chi connectivity index (χ2v) is 4.73. The van der Waals surface area contributed by atoms with Crippen LogP contribution in [0.4, 0.5) is 0 Å². The summed E-state index contributed by atoms with van der Waals surface area (Å²) >= 11 is 5.82. The number of amides is 1. The van der Waals surface area contributed by atoms with Crippen molar-refractivity contribution in [3.05, 3.63) is 28.8 Å². The first-order chi connectivity index (χ1) is 9.52. The largest absolute Gasteiger partial charge is 0.507 e. The molecular formula is C13H14ClNO5. The van der Waals surface area contributed by atoms with Gasteiger partial charge in [0, 0.05) is 11.6 Å². The molecule has 1 atom stereocenters. The molecule has 2 rings (SSSR count). The van der Waals surface area contributed by atoms with E-state index in [9.17, 15) is 14.7 Å². The van der Waals surface area contributed by atoms with Gasteiger partial charge in [-0.1, -0.05) is 11.6 Å². The van der Waals surface area contributed by atoms with Crippen molar-refractivity contribution in [3.8, 4) is 5.75 Å². The molecule has 0 radical (unpaired) electrons. The van der Waals surface area contributed by atoms with Crippen LogP contribution in [0.5, 0.6) is 5.75 Å². The highest BCUT2D eigenvalue weighted by Gasteiger charge is 2.31. The summed E-state index contributed by atoms with van der Waals surface area (Å²) in [5.74, 6) is -1.08. The third kappa shape index (κ3) is 3.02. The van der Waals surface area contributed by atoms with Gasteiger partial charge in [0.2, 0.25) is 0 Å². The molecule has 1 aromatic carbocycles. The minimum Gasteiger partial charge on any atom is -0.507 e. The summed E-state index contributed by atoms with van der Waals surface area (Å²) in [6.07, 6.45) is -0.806. The van der Waals surface area contributed by atoms with Crippen LogP contribution in [0.2, 0.25) is 5.02 Å². The second-order valence-electron chi connectivity index (χ2n) is 4.30. The summed E-state index contributed by atoms with van der Waals surface area (Å²) in [5, 5.41) is 10.1. The molecule has 1 unspecified atom stereocenters. The van der Waals surface area contributed by atoms with Crippen LogP contribution in [0.25, 0.3) is 0 Å². The Morgan fingerprint density at radius 2 is 2.25 bits per heavy atom. The SMILES string of the molecule is COC(=O)C1CN(C(=O)c2cc(Cl)ccc2O)CCO1. The van der Waals surface area contributed by atoms with Crippen LogP contribution in [0, 0.1) is 0 Å². The molecule has 0 saturated carbocycles. The van der Waals surface area contributed by atoms with Gasteiger partial charge in [-0.2, -0.15) is 0 Å². The number of hydrogen-bond donors (Lipinski definition) is 1. The van der Waals surface area contributed by atoms with Gasteiger partial charge in [-0.15, -0.1) is 0 Å². The predicted molar refractivity (Wildman–Crippen MR) is 70.8 cm³/mol. The van der Waals surface area contributed by atoms with E-state index in [2.05, 4.69) is 4.74 Å². The predicted octanol–water partition coefficient (Wildman–Crippen LogP) is 1.06. The zero-order chi connectivity index (χ0) is 14.7. The Morgan fingerprint density at radius 1 is 1.50 bits per heavy atom. The van der Waals surface area contributed by atoms with Gasteiger partial charge in [0.15, 0.2) is 6.10 Å². The van der Waals surface area contributed by atoms with Crippen LogP contribution in [0.3, 0.4) is 0 Å². The van der Waals surface area contributed by atoms with E-state index in [0.717, 1.165) is 0 Å². The second kappa shape index (κ2) is 6.11. The average Bonchev–Trinajstić information content (AvgIpc) is 2.48. The van der Waals surface area contributed by atoms with Crippen molar-refractivity contribution in [2.75, 3.05) is 26.8 Å². The molecule has 6 nitrogen and oxygen atoms in total. The van der Waals surface area contributed by atoms with E-state index in [4.69, 9.17) is 16.3 Å². The summed E-state index contributed by atoms with van der Waals surface area (Å²) in [5.41, 5.74) is 0.100. The number of phenols is 1. The van der Waals surface area contributed by atoms with Gasteiger partial charge >= 0.3 is 5.97 Å². The number of morpholine rings is 1. The highest BCUT2D eigenvalue weighted by Crippen LogP contribution is 2.23. The maximum absolute atomic E-state index is 12.3. The van der Waals surface area contributed by atoms with Crippen molar-refractivity contribution >= 4 is 23.5 Å². The quantitative estimate of drug-likeness (QED) is 0.826. The standard InChI is InChI=1S/C13H14ClNO5/c1-19-13(18)11-7-15(4-5-20-11)12(17)9-6-8(14)2-3-10(9)16/h2-3,6,11,16H,4-5,7H2,1H3. The maximum Gasteiger partial charge on any atom is 0.336 e. The molecule has 1 heterocycles. The Morgan fingerprint density at radius 3 is 2.95 bits per heavy atom. The van der Waals surface area contributed by atoms with Crippen LogP contribution in [0.15, 0.2) is 18.2 Å². The molecule has 1 aromatic rings. The summed E-state index contributed by atoms with van der Waals surface area (Å²) < 4.78 is 9.84. The lowest BCUT2D eigenvalue weighted by atomic mass is 10.1. The monoisotopic (exact) mass is 299 g/mol. The van der Waals surface area contributed by atoms with Crippen LogP contribution in [-0.2, 0) is 14.3 Å². The molecule has 108 valence electrons. The maximum atomic E-state index is 12.3. The molecule has 1 aliphatic rings. The molecule has 1 saturated heterocycles. The molecule has 20 heavy (non-hydrogen) atoms. The number of esters is 1. The zero-order valence-electron chi connectivity index (χ0n) is 10.8. The van der Waals surface area contributed by atoms with Gasteiger partial charge < -0.3 is 19.5 Å². The van der Waals surface area contributed by atoms with Crippen molar-refractivity contribution in [1.29, 1.82) is 0 Å². The number of aromatic hydroxyl groups is 1. The summed E-state index contributed by atoms with van der Waals surface area (Å²) in [7, 11) is 1.26. The van der Waals surface area contributed by atoms with E-state index in [1.807, 2.05) is 0 Å². The van der Waals surface area contributed by atoms with Gasteiger partial charge in [-0.25, -0.2) is 4.79 Å². The van der Waals surface area contributed by atoms with Crippen molar-refractivity contribution in [2.45, 2.75) is 6.10 Å². The normalized spacial score (nSPS) is 18.7. The summed E-state index contributed by atoms with van der Waals surface area (Å²) in [6, 6.07) is 4.24. The number of halogens is 1. The summed E-state index contributed by atoms with van der Waals surface area (Å²) in [6.45, 7) is 0.641. The molecule has 1 aliphatic heterocycles. The minimum atomic E-state index is -0.806. The number of ether oxygens (including phenoxy) is 2. The molecule has 0 bridgehead atoms. The molecule has 0 spiro atoms. The Hall–Kier alpha value is -1.79.